The molecule has 0 saturated heterocycles. The normalized spacial score (nSPS) is 15.1. The number of aromatic nitrogens is 3. The first-order chi connectivity index (χ1) is 16.3. The van der Waals surface area contributed by atoms with Gasteiger partial charge in [0.2, 0.25) is 5.91 Å². The third-order valence-corrected chi connectivity index (χ3v) is 8.25. The van der Waals surface area contributed by atoms with Crippen molar-refractivity contribution in [3.8, 4) is 0 Å². The van der Waals surface area contributed by atoms with Crippen LogP contribution in [-0.2, 0) is 29.1 Å². The molecule has 1 aliphatic heterocycles. The highest BCUT2D eigenvalue weighted by molar-refractivity contribution is 8.00. The zero-order valence-corrected chi connectivity index (χ0v) is 21.5. The third kappa shape index (κ3) is 4.54. The number of hydrogen-bond donors (Lipinski definition) is 1. The second-order valence-corrected chi connectivity index (χ2v) is 11.5. The number of rotatable bonds is 6. The third-order valence-electron chi connectivity index (χ3n) is 6.05. The Morgan fingerprint density at radius 1 is 1.21 bits per heavy atom. The van der Waals surface area contributed by atoms with Crippen LogP contribution in [0.2, 0.25) is 0 Å². The quantitative estimate of drug-likeness (QED) is 0.278. The molecule has 0 saturated carbocycles. The predicted molar refractivity (Wildman–Crippen MR) is 138 cm³/mol. The zero-order valence-electron chi connectivity index (χ0n) is 19.8. The van der Waals surface area contributed by atoms with Crippen molar-refractivity contribution in [3.05, 3.63) is 59.0 Å². The minimum absolute atomic E-state index is 0.0155. The number of hydrogen-bond acceptors (Lipinski definition) is 7. The molecule has 0 radical (unpaired) electrons. The first kappa shape index (κ1) is 23.2. The summed E-state index contributed by atoms with van der Waals surface area (Å²) < 4.78 is 7.14. The lowest BCUT2D eigenvalue weighted by Gasteiger charge is -2.33. The number of thioether (sulfide) groups is 1. The van der Waals surface area contributed by atoms with E-state index >= 15 is 0 Å². The van der Waals surface area contributed by atoms with Crippen molar-refractivity contribution in [2.24, 2.45) is 0 Å². The van der Waals surface area contributed by atoms with E-state index in [2.05, 4.69) is 43.0 Å². The van der Waals surface area contributed by atoms with Crippen LogP contribution in [0, 0.1) is 0 Å². The van der Waals surface area contributed by atoms with Gasteiger partial charge in [-0.25, -0.2) is 15.0 Å². The largest absolute Gasteiger partial charge is 0.370 e. The van der Waals surface area contributed by atoms with Crippen LogP contribution in [0.1, 0.15) is 56.0 Å². The van der Waals surface area contributed by atoms with Crippen LogP contribution in [0.3, 0.4) is 0 Å². The standard InChI is InChI=1S/C26H28N4O2S2/c1-15(2)21-18-12-32-26(3,4)10-17(18)20-22-23(34-24(20)30-21)25(29-14-28-22)33-13-19(31)27-11-16-8-6-5-7-9-16/h5-9,14-15H,10-13H2,1-4H3,(H,27,31). The average Bonchev–Trinajstić information content (AvgIpc) is 3.20. The molecular weight excluding hydrogens is 464 g/mol. The molecule has 0 bridgehead atoms. The Hall–Kier alpha value is -2.55. The van der Waals surface area contributed by atoms with E-state index < -0.39 is 0 Å². The van der Waals surface area contributed by atoms with Crippen molar-refractivity contribution < 1.29 is 9.53 Å². The number of nitrogens with zero attached hydrogens (tertiary/aromatic N) is 3. The highest BCUT2D eigenvalue weighted by Crippen LogP contribution is 2.43. The summed E-state index contributed by atoms with van der Waals surface area (Å²) in [6.07, 6.45) is 2.42. The van der Waals surface area contributed by atoms with E-state index in [0.29, 0.717) is 24.8 Å². The lowest BCUT2D eigenvalue weighted by atomic mass is 9.87. The van der Waals surface area contributed by atoms with Gasteiger partial charge >= 0.3 is 0 Å². The molecule has 1 aliphatic rings. The number of thiophene rings is 1. The second-order valence-electron chi connectivity index (χ2n) is 9.52. The first-order valence-corrected chi connectivity index (χ1v) is 13.3. The molecule has 1 N–H and O–H groups in total. The van der Waals surface area contributed by atoms with Crippen LogP contribution >= 0.6 is 23.1 Å². The van der Waals surface area contributed by atoms with E-state index in [1.54, 1.807) is 17.7 Å². The highest BCUT2D eigenvalue weighted by Gasteiger charge is 2.32. The molecule has 5 rings (SSSR count). The van der Waals surface area contributed by atoms with E-state index in [9.17, 15) is 4.79 Å². The second kappa shape index (κ2) is 9.24. The molecule has 0 aliphatic carbocycles. The number of ether oxygens (including phenoxy) is 1. The monoisotopic (exact) mass is 492 g/mol. The lowest BCUT2D eigenvalue weighted by molar-refractivity contribution is -0.118. The van der Waals surface area contributed by atoms with E-state index in [0.717, 1.165) is 43.1 Å². The van der Waals surface area contributed by atoms with Crippen molar-refractivity contribution in [1.29, 1.82) is 0 Å². The fourth-order valence-electron chi connectivity index (χ4n) is 4.37. The maximum absolute atomic E-state index is 12.5. The number of nitrogens with one attached hydrogen (secondary N) is 1. The molecule has 8 heteroatoms. The Morgan fingerprint density at radius 3 is 2.76 bits per heavy atom. The minimum atomic E-state index is -0.231. The van der Waals surface area contributed by atoms with Crippen molar-refractivity contribution in [2.75, 3.05) is 5.75 Å². The van der Waals surface area contributed by atoms with Gasteiger partial charge in [-0.05, 0) is 30.9 Å². The van der Waals surface area contributed by atoms with Crippen LogP contribution in [0.15, 0.2) is 41.7 Å². The summed E-state index contributed by atoms with van der Waals surface area (Å²) in [7, 11) is 0. The maximum atomic E-state index is 12.5. The summed E-state index contributed by atoms with van der Waals surface area (Å²) in [5, 5.41) is 4.93. The van der Waals surface area contributed by atoms with Crippen LogP contribution in [0.4, 0.5) is 0 Å². The molecule has 176 valence electrons. The van der Waals surface area contributed by atoms with Crippen molar-refractivity contribution in [1.82, 2.24) is 20.3 Å². The molecular formula is C26H28N4O2S2. The van der Waals surface area contributed by atoms with Gasteiger partial charge in [0.1, 0.15) is 16.2 Å². The topological polar surface area (TPSA) is 77.0 Å². The van der Waals surface area contributed by atoms with E-state index in [-0.39, 0.29) is 11.5 Å². The van der Waals surface area contributed by atoms with Crippen LogP contribution in [-0.4, -0.2) is 32.2 Å². The van der Waals surface area contributed by atoms with Crippen molar-refractivity contribution >= 4 is 49.4 Å². The van der Waals surface area contributed by atoms with E-state index in [1.807, 2.05) is 30.3 Å². The molecule has 1 amide bonds. The van der Waals surface area contributed by atoms with Gasteiger partial charge < -0.3 is 10.1 Å². The number of pyridine rings is 1. The van der Waals surface area contributed by atoms with Gasteiger partial charge in [0.05, 0.1) is 33.9 Å². The Kier molecular flexibility index (Phi) is 6.31. The van der Waals surface area contributed by atoms with Crippen molar-refractivity contribution in [3.63, 3.8) is 0 Å². The highest BCUT2D eigenvalue weighted by atomic mass is 32.2. The van der Waals surface area contributed by atoms with Gasteiger partial charge in [-0.15, -0.1) is 11.3 Å². The molecule has 0 fully saturated rings. The predicted octanol–water partition coefficient (Wildman–Crippen LogP) is 5.62. The number of carbonyl (C=O) groups excluding carboxylic acids is 1. The van der Waals surface area contributed by atoms with Crippen LogP contribution < -0.4 is 5.32 Å². The first-order valence-electron chi connectivity index (χ1n) is 11.5. The molecule has 34 heavy (non-hydrogen) atoms. The summed E-state index contributed by atoms with van der Waals surface area (Å²) in [5.74, 6) is 0.594. The number of amides is 1. The Morgan fingerprint density at radius 2 is 2.00 bits per heavy atom. The molecule has 1 aromatic carbocycles. The lowest BCUT2D eigenvalue weighted by Crippen LogP contribution is -2.32. The summed E-state index contributed by atoms with van der Waals surface area (Å²) >= 11 is 3.08. The summed E-state index contributed by atoms with van der Waals surface area (Å²) in [5.41, 5.74) is 5.39. The Balaban J connectivity index is 1.46. The van der Waals surface area contributed by atoms with Gasteiger partial charge in [0, 0.05) is 23.9 Å². The summed E-state index contributed by atoms with van der Waals surface area (Å²) in [6.45, 7) is 9.72. The zero-order chi connectivity index (χ0) is 23.9. The SMILES string of the molecule is CC(C)c1nc2sc3c(SCC(=O)NCc4ccccc4)ncnc3c2c2c1COC(C)(C)C2. The average molecular weight is 493 g/mol. The van der Waals surface area contributed by atoms with Gasteiger partial charge in [-0.2, -0.15) is 0 Å². The molecule has 4 aromatic rings. The smallest absolute Gasteiger partial charge is 0.230 e. The number of benzene rings is 1. The van der Waals surface area contributed by atoms with Crippen molar-refractivity contribution in [2.45, 2.75) is 63.8 Å². The summed E-state index contributed by atoms with van der Waals surface area (Å²) in [6, 6.07) is 9.92. The van der Waals surface area contributed by atoms with Gasteiger partial charge in [0.15, 0.2) is 0 Å². The summed E-state index contributed by atoms with van der Waals surface area (Å²) in [4.78, 5) is 27.7. The fraction of sp³-hybridized carbons (Fsp3) is 0.385. The molecule has 0 spiro atoms. The molecule has 6 nitrogen and oxygen atoms in total. The van der Waals surface area contributed by atoms with E-state index in [4.69, 9.17) is 9.72 Å². The van der Waals surface area contributed by atoms with E-state index in [1.165, 1.54) is 22.9 Å². The van der Waals surface area contributed by atoms with Crippen LogP contribution in [0.5, 0.6) is 0 Å². The van der Waals surface area contributed by atoms with Gasteiger partial charge in [-0.3, -0.25) is 4.79 Å². The van der Waals surface area contributed by atoms with Crippen LogP contribution in [0.25, 0.3) is 20.4 Å². The number of fused-ring (bicyclic) bond motifs is 5. The Labute approximate surface area is 207 Å². The molecule has 0 unspecified atom stereocenters. The molecule has 3 aromatic heterocycles. The maximum Gasteiger partial charge on any atom is 0.230 e. The fourth-order valence-corrected chi connectivity index (χ4v) is 6.44. The minimum Gasteiger partial charge on any atom is -0.370 e. The number of carbonyl (C=O) groups is 1. The molecule has 0 atom stereocenters. The van der Waals surface area contributed by atoms with Gasteiger partial charge in [0.25, 0.3) is 0 Å². The molecule has 4 heterocycles. The van der Waals surface area contributed by atoms with Gasteiger partial charge in [-0.1, -0.05) is 55.9 Å². The Bertz CT molecular complexity index is 1370.